The van der Waals surface area contributed by atoms with Crippen molar-refractivity contribution in [3.05, 3.63) is 17.5 Å². The van der Waals surface area contributed by atoms with Gasteiger partial charge in [-0.2, -0.15) is 5.10 Å². The molecule has 0 aliphatic heterocycles. The zero-order chi connectivity index (χ0) is 11.4. The molecular weight excluding hydrogens is 228 g/mol. The number of amides is 1. The maximum Gasteiger partial charge on any atom is 0.257 e. The SMILES string of the molecule is CNCCN(C)C(=O)c1cn(C)nc1C.Cl. The molecular formula is C10H19ClN4O. The highest BCUT2D eigenvalue weighted by Crippen LogP contribution is 2.07. The first-order valence-corrected chi connectivity index (χ1v) is 4.96. The number of rotatable bonds is 4. The monoisotopic (exact) mass is 246 g/mol. The number of aryl methyl sites for hydroxylation is 2. The first-order chi connectivity index (χ1) is 7.06. The second-order valence-electron chi connectivity index (χ2n) is 3.63. The number of hydrogen-bond donors (Lipinski definition) is 1. The molecule has 0 saturated carbocycles. The van der Waals surface area contributed by atoms with E-state index in [2.05, 4.69) is 10.4 Å². The molecule has 0 spiro atoms. The molecule has 0 unspecified atom stereocenters. The number of halogens is 1. The Hall–Kier alpha value is -1.07. The smallest absolute Gasteiger partial charge is 0.257 e. The van der Waals surface area contributed by atoms with Crippen molar-refractivity contribution in [2.45, 2.75) is 6.92 Å². The van der Waals surface area contributed by atoms with Crippen LogP contribution in [0.4, 0.5) is 0 Å². The largest absolute Gasteiger partial charge is 0.340 e. The molecule has 1 aromatic rings. The molecule has 0 aliphatic carbocycles. The second kappa shape index (κ2) is 6.50. The molecule has 1 heterocycles. The third-order valence-corrected chi connectivity index (χ3v) is 2.29. The summed E-state index contributed by atoms with van der Waals surface area (Å²) in [6.07, 6.45) is 1.76. The minimum atomic E-state index is 0. The van der Waals surface area contributed by atoms with Crippen LogP contribution in [0.25, 0.3) is 0 Å². The van der Waals surface area contributed by atoms with E-state index >= 15 is 0 Å². The number of carbonyl (C=O) groups is 1. The molecule has 0 saturated heterocycles. The van der Waals surface area contributed by atoms with Gasteiger partial charge in [0.1, 0.15) is 0 Å². The van der Waals surface area contributed by atoms with Crippen LogP contribution in [0.2, 0.25) is 0 Å². The molecule has 16 heavy (non-hydrogen) atoms. The van der Waals surface area contributed by atoms with Gasteiger partial charge in [-0.3, -0.25) is 9.48 Å². The minimum absolute atomic E-state index is 0. The van der Waals surface area contributed by atoms with Crippen LogP contribution in [0.15, 0.2) is 6.20 Å². The van der Waals surface area contributed by atoms with Crippen LogP contribution in [0.3, 0.4) is 0 Å². The van der Waals surface area contributed by atoms with Crippen molar-refractivity contribution in [2.24, 2.45) is 7.05 Å². The van der Waals surface area contributed by atoms with Gasteiger partial charge in [-0.25, -0.2) is 0 Å². The van der Waals surface area contributed by atoms with Crippen LogP contribution < -0.4 is 5.32 Å². The summed E-state index contributed by atoms with van der Waals surface area (Å²) in [6, 6.07) is 0. The number of nitrogens with zero attached hydrogens (tertiary/aromatic N) is 3. The Morgan fingerprint density at radius 1 is 1.62 bits per heavy atom. The molecule has 0 bridgehead atoms. The lowest BCUT2D eigenvalue weighted by Crippen LogP contribution is -2.32. The molecule has 0 radical (unpaired) electrons. The van der Waals surface area contributed by atoms with Gasteiger partial charge in [-0.15, -0.1) is 12.4 Å². The standard InChI is InChI=1S/C10H18N4O.ClH/c1-8-9(7-14(4)12-8)10(15)13(3)6-5-11-2;/h7,11H,5-6H2,1-4H3;1H. The molecule has 1 rings (SSSR count). The molecule has 92 valence electrons. The first kappa shape index (κ1) is 14.9. The average molecular weight is 247 g/mol. The number of hydrogen-bond acceptors (Lipinski definition) is 3. The molecule has 1 aromatic heterocycles. The van der Waals surface area contributed by atoms with Crippen LogP contribution in [-0.4, -0.2) is 47.8 Å². The van der Waals surface area contributed by atoms with Crippen LogP contribution in [0.5, 0.6) is 0 Å². The van der Waals surface area contributed by atoms with Crippen molar-refractivity contribution in [1.82, 2.24) is 20.0 Å². The summed E-state index contributed by atoms with van der Waals surface area (Å²) in [7, 11) is 5.48. The van der Waals surface area contributed by atoms with Gasteiger partial charge < -0.3 is 10.2 Å². The Morgan fingerprint density at radius 3 is 2.69 bits per heavy atom. The van der Waals surface area contributed by atoms with Crippen LogP contribution >= 0.6 is 12.4 Å². The first-order valence-electron chi connectivity index (χ1n) is 4.96. The van der Waals surface area contributed by atoms with Crippen molar-refractivity contribution in [2.75, 3.05) is 27.2 Å². The van der Waals surface area contributed by atoms with Crippen molar-refractivity contribution < 1.29 is 4.79 Å². The summed E-state index contributed by atoms with van der Waals surface area (Å²) in [5.74, 6) is 0.0239. The van der Waals surface area contributed by atoms with Gasteiger partial charge in [-0.05, 0) is 14.0 Å². The predicted molar refractivity (Wildman–Crippen MR) is 66.1 cm³/mol. The lowest BCUT2D eigenvalue weighted by atomic mass is 10.2. The Balaban J connectivity index is 0.00000225. The zero-order valence-electron chi connectivity index (χ0n) is 10.1. The molecule has 1 amide bonds. The highest BCUT2D eigenvalue weighted by atomic mass is 35.5. The summed E-state index contributed by atoms with van der Waals surface area (Å²) < 4.78 is 1.66. The molecule has 1 N–H and O–H groups in total. The van der Waals surface area contributed by atoms with Gasteiger partial charge in [-0.1, -0.05) is 0 Å². The Kier molecular flexibility index (Phi) is 6.06. The highest BCUT2D eigenvalue weighted by molar-refractivity contribution is 5.94. The van der Waals surface area contributed by atoms with Crippen molar-refractivity contribution >= 4 is 18.3 Å². The van der Waals surface area contributed by atoms with Gasteiger partial charge in [0.2, 0.25) is 0 Å². The molecule has 5 nitrogen and oxygen atoms in total. The summed E-state index contributed by atoms with van der Waals surface area (Å²) in [4.78, 5) is 13.6. The number of nitrogens with one attached hydrogen (secondary N) is 1. The number of likely N-dealkylation sites (N-methyl/N-ethyl adjacent to an activating group) is 2. The summed E-state index contributed by atoms with van der Waals surface area (Å²) in [6.45, 7) is 3.34. The Morgan fingerprint density at radius 2 is 2.25 bits per heavy atom. The van der Waals surface area contributed by atoms with E-state index in [1.165, 1.54) is 0 Å². The van der Waals surface area contributed by atoms with Crippen LogP contribution in [-0.2, 0) is 7.05 Å². The van der Waals surface area contributed by atoms with E-state index in [1.807, 2.05) is 21.0 Å². The highest BCUT2D eigenvalue weighted by Gasteiger charge is 2.15. The maximum absolute atomic E-state index is 11.9. The number of carbonyl (C=O) groups excluding carboxylic acids is 1. The van der Waals surface area contributed by atoms with E-state index < -0.39 is 0 Å². The molecule has 0 fully saturated rings. The van der Waals surface area contributed by atoms with E-state index in [4.69, 9.17) is 0 Å². The second-order valence-corrected chi connectivity index (χ2v) is 3.63. The fraction of sp³-hybridized carbons (Fsp3) is 0.600. The normalized spacial score (nSPS) is 9.75. The quantitative estimate of drug-likeness (QED) is 0.839. The summed E-state index contributed by atoms with van der Waals surface area (Å²) >= 11 is 0. The van der Waals surface area contributed by atoms with Crippen molar-refractivity contribution in [3.8, 4) is 0 Å². The van der Waals surface area contributed by atoms with Gasteiger partial charge in [0.05, 0.1) is 11.3 Å². The lowest BCUT2D eigenvalue weighted by Gasteiger charge is -2.16. The van der Waals surface area contributed by atoms with Crippen molar-refractivity contribution in [1.29, 1.82) is 0 Å². The Labute approximate surface area is 102 Å². The van der Waals surface area contributed by atoms with Crippen molar-refractivity contribution in [3.63, 3.8) is 0 Å². The fourth-order valence-electron chi connectivity index (χ4n) is 1.40. The topological polar surface area (TPSA) is 50.2 Å². The van der Waals surface area contributed by atoms with Gasteiger partial charge in [0.15, 0.2) is 0 Å². The van der Waals surface area contributed by atoms with E-state index in [9.17, 15) is 4.79 Å². The van der Waals surface area contributed by atoms with Gasteiger partial charge in [0.25, 0.3) is 5.91 Å². The third-order valence-electron chi connectivity index (χ3n) is 2.29. The van der Waals surface area contributed by atoms with E-state index in [0.717, 1.165) is 12.2 Å². The molecule has 6 heteroatoms. The van der Waals surface area contributed by atoms with Crippen LogP contribution in [0, 0.1) is 6.92 Å². The summed E-state index contributed by atoms with van der Waals surface area (Å²) in [5, 5.41) is 7.16. The minimum Gasteiger partial charge on any atom is -0.340 e. The third kappa shape index (κ3) is 3.50. The van der Waals surface area contributed by atoms with Gasteiger partial charge in [0, 0.05) is 33.4 Å². The predicted octanol–water partition coefficient (Wildman–Crippen LogP) is 0.442. The maximum atomic E-state index is 11.9. The fourth-order valence-corrected chi connectivity index (χ4v) is 1.40. The van der Waals surface area contributed by atoms with Crippen LogP contribution in [0.1, 0.15) is 16.1 Å². The number of aromatic nitrogens is 2. The van der Waals surface area contributed by atoms with Gasteiger partial charge >= 0.3 is 0 Å². The van der Waals surface area contributed by atoms with E-state index in [0.29, 0.717) is 12.1 Å². The lowest BCUT2D eigenvalue weighted by molar-refractivity contribution is 0.0796. The summed E-state index contributed by atoms with van der Waals surface area (Å²) in [5.41, 5.74) is 1.45. The molecule has 0 aromatic carbocycles. The molecule has 0 aliphatic rings. The van der Waals surface area contributed by atoms with E-state index in [-0.39, 0.29) is 18.3 Å². The van der Waals surface area contributed by atoms with E-state index in [1.54, 1.807) is 22.8 Å². The average Bonchev–Trinajstić information content (AvgIpc) is 2.53. The zero-order valence-corrected chi connectivity index (χ0v) is 11.0. The molecule has 0 atom stereocenters. The Bertz CT molecular complexity index is 351.